The summed E-state index contributed by atoms with van der Waals surface area (Å²) in [5.41, 5.74) is 12.8. The van der Waals surface area contributed by atoms with Crippen LogP contribution in [0.5, 0.6) is 0 Å². The van der Waals surface area contributed by atoms with Gasteiger partial charge in [-0.2, -0.15) is 0 Å². The molecule has 4 aliphatic carbocycles. The van der Waals surface area contributed by atoms with Crippen LogP contribution in [0.1, 0.15) is 94.1 Å². The maximum absolute atomic E-state index is 2.60. The first-order valence-electron chi connectivity index (χ1n) is 23.9. The molecule has 8 aromatic rings. The van der Waals surface area contributed by atoms with Crippen molar-refractivity contribution in [2.45, 2.75) is 83.0 Å². The van der Waals surface area contributed by atoms with Gasteiger partial charge in [0.1, 0.15) is 0 Å². The lowest BCUT2D eigenvalue weighted by atomic mass is 9.62. The first kappa shape index (κ1) is 38.3. The molecule has 0 bridgehead atoms. The Morgan fingerprint density at radius 2 is 1.29 bits per heavy atom. The lowest BCUT2D eigenvalue weighted by molar-refractivity contribution is 0.112. The molecule has 2 heteroatoms. The third-order valence-corrected chi connectivity index (χ3v) is 17.2. The third kappa shape index (κ3) is 6.90. The Kier molecular flexibility index (Phi) is 10.1. The number of fused-ring (bicyclic) bond motifs is 7. The van der Waals surface area contributed by atoms with E-state index in [4.69, 9.17) is 0 Å². The Balaban J connectivity index is 0.870. The van der Waals surface area contributed by atoms with E-state index in [0.29, 0.717) is 5.92 Å². The molecule has 0 aliphatic heterocycles. The minimum atomic E-state index is 0.530. The number of para-hydroxylation sites is 1. The fourth-order valence-electron chi connectivity index (χ4n) is 12.9. The number of nitrogens with zero attached hydrogens (tertiary/aromatic N) is 1. The van der Waals surface area contributed by atoms with Crippen molar-refractivity contribution in [3.05, 3.63) is 181 Å². The molecule has 308 valence electrons. The summed E-state index contributed by atoms with van der Waals surface area (Å²) in [5, 5.41) is 5.42. The number of hydrogen-bond donors (Lipinski definition) is 0. The Hall–Kier alpha value is -5.44. The molecule has 0 radical (unpaired) electrons. The Morgan fingerprint density at radius 3 is 2.13 bits per heavy atom. The van der Waals surface area contributed by atoms with Crippen molar-refractivity contribution in [3.8, 4) is 16.8 Å². The van der Waals surface area contributed by atoms with Crippen molar-refractivity contribution in [2.75, 3.05) is 0 Å². The van der Waals surface area contributed by atoms with Crippen LogP contribution in [-0.4, -0.2) is 4.57 Å². The lowest BCUT2D eigenvalue weighted by Crippen LogP contribution is -2.34. The van der Waals surface area contributed by atoms with Crippen LogP contribution in [0.25, 0.3) is 64.4 Å². The van der Waals surface area contributed by atoms with E-state index >= 15 is 0 Å². The number of rotatable bonds is 7. The average molecular weight is 824 g/mol. The van der Waals surface area contributed by atoms with E-state index in [9.17, 15) is 0 Å². The zero-order valence-corrected chi connectivity index (χ0v) is 36.7. The summed E-state index contributed by atoms with van der Waals surface area (Å²) in [7, 11) is 0. The number of allylic oxidation sites excluding steroid dienone is 6. The van der Waals surface area contributed by atoms with Gasteiger partial charge in [-0.05, 0) is 170 Å². The van der Waals surface area contributed by atoms with E-state index in [2.05, 4.69) is 168 Å². The van der Waals surface area contributed by atoms with E-state index in [1.807, 2.05) is 11.3 Å². The first-order chi connectivity index (χ1) is 30.7. The minimum absolute atomic E-state index is 0.530. The van der Waals surface area contributed by atoms with Gasteiger partial charge in [0.05, 0.1) is 11.0 Å². The quantitative estimate of drug-likeness (QED) is 0.151. The van der Waals surface area contributed by atoms with E-state index < -0.39 is 0 Å². The van der Waals surface area contributed by atoms with Gasteiger partial charge in [-0.3, -0.25) is 0 Å². The van der Waals surface area contributed by atoms with Crippen LogP contribution in [0.2, 0.25) is 0 Å². The van der Waals surface area contributed by atoms with Crippen LogP contribution in [0, 0.1) is 29.6 Å². The molecule has 3 unspecified atom stereocenters. The maximum atomic E-state index is 2.60. The second-order valence-electron chi connectivity index (χ2n) is 19.3. The summed E-state index contributed by atoms with van der Waals surface area (Å²) in [5.74, 6) is 4.72. The van der Waals surface area contributed by atoms with Crippen LogP contribution in [0.3, 0.4) is 0 Å². The highest BCUT2D eigenvalue weighted by Crippen LogP contribution is 2.50. The van der Waals surface area contributed by atoms with Crippen LogP contribution in [-0.2, 0) is 0 Å². The molecule has 3 saturated carbocycles. The van der Waals surface area contributed by atoms with E-state index in [0.717, 1.165) is 29.6 Å². The fraction of sp³-hybridized carbons (Fsp3) is 0.300. The molecule has 4 aliphatic rings. The van der Waals surface area contributed by atoms with Gasteiger partial charge >= 0.3 is 0 Å². The molecule has 2 heterocycles. The molecule has 6 aromatic carbocycles. The van der Waals surface area contributed by atoms with Crippen molar-refractivity contribution in [3.63, 3.8) is 0 Å². The van der Waals surface area contributed by atoms with Gasteiger partial charge in [0.15, 0.2) is 0 Å². The van der Waals surface area contributed by atoms with E-state index in [1.165, 1.54) is 141 Å². The first-order valence-corrected chi connectivity index (χ1v) is 24.7. The Labute approximate surface area is 371 Å². The second-order valence-corrected chi connectivity index (χ2v) is 20.3. The fourth-order valence-corrected chi connectivity index (χ4v) is 14.2. The minimum Gasteiger partial charge on any atom is -0.309 e. The predicted octanol–water partition coefficient (Wildman–Crippen LogP) is 17.3. The summed E-state index contributed by atoms with van der Waals surface area (Å²) in [6.07, 6.45) is 25.7. The summed E-state index contributed by atoms with van der Waals surface area (Å²) in [6.45, 7) is 0. The molecule has 62 heavy (non-hydrogen) atoms. The van der Waals surface area contributed by atoms with Crippen molar-refractivity contribution in [1.29, 1.82) is 0 Å². The molecular formula is C60H57NS. The van der Waals surface area contributed by atoms with Crippen LogP contribution in [0.15, 0.2) is 169 Å². The highest BCUT2D eigenvalue weighted by atomic mass is 32.1. The zero-order chi connectivity index (χ0) is 41.0. The summed E-state index contributed by atoms with van der Waals surface area (Å²) in [6, 6.07) is 52.7. The second kappa shape index (κ2) is 16.4. The van der Waals surface area contributed by atoms with Crippen LogP contribution < -0.4 is 0 Å². The molecule has 12 rings (SSSR count). The summed E-state index contributed by atoms with van der Waals surface area (Å²) in [4.78, 5) is 0. The van der Waals surface area contributed by atoms with Gasteiger partial charge in [-0.1, -0.05) is 139 Å². The Bertz CT molecular complexity index is 2990. The van der Waals surface area contributed by atoms with Crippen molar-refractivity contribution in [2.24, 2.45) is 29.6 Å². The highest BCUT2D eigenvalue weighted by Gasteiger charge is 2.38. The van der Waals surface area contributed by atoms with E-state index in [1.54, 1.807) is 16.7 Å². The van der Waals surface area contributed by atoms with Crippen molar-refractivity contribution >= 4 is 58.9 Å². The number of thiophene rings is 1. The highest BCUT2D eigenvalue weighted by molar-refractivity contribution is 7.26. The third-order valence-electron chi connectivity index (χ3n) is 16.0. The average Bonchev–Trinajstić information content (AvgIpc) is 3.89. The molecule has 3 fully saturated rings. The predicted molar refractivity (Wildman–Crippen MR) is 266 cm³/mol. The van der Waals surface area contributed by atoms with Gasteiger partial charge in [0.25, 0.3) is 0 Å². The summed E-state index contributed by atoms with van der Waals surface area (Å²) >= 11 is 2.01. The monoisotopic (exact) mass is 823 g/mol. The molecule has 1 nitrogen and oxygen atoms in total. The smallest absolute Gasteiger partial charge is 0.0541 e. The number of hydrogen-bond acceptors (Lipinski definition) is 1. The van der Waals surface area contributed by atoms with Gasteiger partial charge < -0.3 is 4.57 Å². The molecular weight excluding hydrogens is 767 g/mol. The standard InChI is InChI=1S/C60H57NS/c1-3-14-41(15-4-1)47-34-35-58-55(37-47)51-21-9-11-24-57(51)61(58)48-38-54(60-56(39-48)52-22-10-12-25-59(52)62-60)46-32-30-45(31-33-46)53(43-16-5-2-6-17-43)36-40-26-28-44(29-27-40)50-23-13-19-42-18-7-8-20-49(42)50/h1-12,14-18,20-22,24-25,34-35,37-40,42,44,46,49-50H,13,19,23,26-33,36H2. The number of benzene rings is 6. The zero-order valence-electron chi connectivity index (χ0n) is 35.9. The topological polar surface area (TPSA) is 4.93 Å². The molecule has 0 N–H and O–H groups in total. The number of aromatic nitrogens is 1. The molecule has 0 spiro atoms. The summed E-state index contributed by atoms with van der Waals surface area (Å²) < 4.78 is 5.44. The normalized spacial score (nSPS) is 24.0. The van der Waals surface area contributed by atoms with Crippen molar-refractivity contribution < 1.29 is 0 Å². The Morgan fingerprint density at radius 1 is 0.565 bits per heavy atom. The van der Waals surface area contributed by atoms with E-state index in [-0.39, 0.29) is 0 Å². The molecule has 0 amide bonds. The lowest BCUT2D eigenvalue weighted by Gasteiger charge is -2.43. The van der Waals surface area contributed by atoms with Gasteiger partial charge in [0.2, 0.25) is 0 Å². The molecule has 3 atom stereocenters. The molecule has 2 aromatic heterocycles. The van der Waals surface area contributed by atoms with Crippen molar-refractivity contribution in [1.82, 2.24) is 4.57 Å². The molecule has 0 saturated heterocycles. The van der Waals surface area contributed by atoms with Gasteiger partial charge in [0, 0.05) is 36.6 Å². The van der Waals surface area contributed by atoms with Crippen LogP contribution in [0.4, 0.5) is 0 Å². The maximum Gasteiger partial charge on any atom is 0.0541 e. The SMILES string of the molecule is C1=CC2CCCC(C3CCC(CC(=C4CCC(c5cc(-n6c7ccccc7c7cc(-c8ccccc8)ccc76)cc6c5sc5ccccc56)CC4)c4ccccc4)CC3)C2C=C1. The van der Waals surface area contributed by atoms with Gasteiger partial charge in [-0.25, -0.2) is 0 Å². The largest absolute Gasteiger partial charge is 0.309 e. The van der Waals surface area contributed by atoms with Crippen LogP contribution >= 0.6 is 11.3 Å². The van der Waals surface area contributed by atoms with Gasteiger partial charge in [-0.15, -0.1) is 11.3 Å².